The summed E-state index contributed by atoms with van der Waals surface area (Å²) in [6, 6.07) is 0.547. The van der Waals surface area contributed by atoms with E-state index in [1.807, 2.05) is 0 Å². The van der Waals surface area contributed by atoms with Crippen LogP contribution in [0, 0.1) is 0 Å². The van der Waals surface area contributed by atoms with Gasteiger partial charge in [-0.05, 0) is 6.07 Å². The number of likely N-dealkylation sites (tertiary alicyclic amines) is 1. The fourth-order valence-electron chi connectivity index (χ4n) is 1.95. The van der Waals surface area contributed by atoms with Gasteiger partial charge < -0.3 is 15.1 Å². The van der Waals surface area contributed by atoms with Crippen LogP contribution in [0.1, 0.15) is 16.9 Å². The van der Waals surface area contributed by atoms with Crippen LogP contribution in [0.25, 0.3) is 0 Å². The van der Waals surface area contributed by atoms with Crippen LogP contribution in [0.15, 0.2) is 12.3 Å². The zero-order chi connectivity index (χ0) is 12.6. The van der Waals surface area contributed by atoms with Crippen LogP contribution in [-0.4, -0.2) is 55.5 Å². The molecule has 0 unspecified atom stereocenters. The maximum Gasteiger partial charge on any atom is 0.326 e. The van der Waals surface area contributed by atoms with Gasteiger partial charge in [-0.25, -0.2) is 4.79 Å². The minimum atomic E-state index is -1.11. The number of carboxylic acids is 1. The Hall–Kier alpha value is -1.89. The molecule has 2 heterocycles. The van der Waals surface area contributed by atoms with Gasteiger partial charge in [0.25, 0.3) is 5.91 Å². The van der Waals surface area contributed by atoms with Crippen molar-refractivity contribution in [1.82, 2.24) is 14.7 Å². The first kappa shape index (κ1) is 11.6. The average Bonchev–Trinajstić information content (AvgIpc) is 2.83. The third-order valence-electron chi connectivity index (χ3n) is 2.76. The third-order valence-corrected chi connectivity index (χ3v) is 2.76. The number of hydrogen-bond donors (Lipinski definition) is 2. The number of aryl methyl sites for hydroxylation is 1. The number of hydrogen-bond acceptors (Lipinski definition) is 4. The minimum absolute atomic E-state index is 0.0341. The molecule has 2 atom stereocenters. The Balaban J connectivity index is 2.21. The second kappa shape index (κ2) is 4.17. The van der Waals surface area contributed by atoms with Crippen molar-refractivity contribution in [2.75, 3.05) is 6.54 Å². The first-order chi connectivity index (χ1) is 7.99. The molecule has 0 bridgehead atoms. The largest absolute Gasteiger partial charge is 0.480 e. The summed E-state index contributed by atoms with van der Waals surface area (Å²) in [7, 11) is 1.67. The van der Waals surface area contributed by atoms with Crippen molar-refractivity contribution >= 4 is 11.9 Å². The summed E-state index contributed by atoms with van der Waals surface area (Å²) >= 11 is 0. The van der Waals surface area contributed by atoms with Gasteiger partial charge in [0, 0.05) is 26.2 Å². The van der Waals surface area contributed by atoms with Gasteiger partial charge in [0.2, 0.25) is 0 Å². The van der Waals surface area contributed by atoms with Gasteiger partial charge in [0.05, 0.1) is 6.10 Å². The Morgan fingerprint density at radius 1 is 1.53 bits per heavy atom. The van der Waals surface area contributed by atoms with E-state index >= 15 is 0 Å². The number of rotatable bonds is 2. The summed E-state index contributed by atoms with van der Waals surface area (Å²) < 4.78 is 1.47. The Morgan fingerprint density at radius 2 is 2.24 bits per heavy atom. The molecule has 1 aromatic heterocycles. The molecule has 1 aliphatic rings. The predicted octanol–water partition coefficient (Wildman–Crippen LogP) is -0.920. The summed E-state index contributed by atoms with van der Waals surface area (Å²) in [4.78, 5) is 24.1. The lowest BCUT2D eigenvalue weighted by atomic mass is 10.2. The molecule has 1 fully saturated rings. The topological polar surface area (TPSA) is 95.7 Å². The van der Waals surface area contributed by atoms with Crippen LogP contribution >= 0.6 is 0 Å². The summed E-state index contributed by atoms with van der Waals surface area (Å²) in [6.45, 7) is 0.0341. The molecule has 0 spiro atoms. The van der Waals surface area contributed by atoms with Crippen LogP contribution in [0.5, 0.6) is 0 Å². The van der Waals surface area contributed by atoms with Crippen LogP contribution in [0.4, 0.5) is 0 Å². The van der Waals surface area contributed by atoms with Crippen molar-refractivity contribution in [2.45, 2.75) is 18.6 Å². The van der Waals surface area contributed by atoms with E-state index in [0.29, 0.717) is 0 Å². The molecule has 1 amide bonds. The normalized spacial score (nSPS) is 24.0. The number of aliphatic hydroxyl groups excluding tert-OH is 1. The molecule has 0 saturated carbocycles. The van der Waals surface area contributed by atoms with E-state index in [1.165, 1.54) is 10.7 Å². The zero-order valence-electron chi connectivity index (χ0n) is 9.28. The molecule has 17 heavy (non-hydrogen) atoms. The second-order valence-electron chi connectivity index (χ2n) is 4.08. The first-order valence-electron chi connectivity index (χ1n) is 5.20. The minimum Gasteiger partial charge on any atom is -0.480 e. The second-order valence-corrected chi connectivity index (χ2v) is 4.08. The Bertz CT molecular complexity index is 456. The van der Waals surface area contributed by atoms with Crippen molar-refractivity contribution in [2.24, 2.45) is 7.05 Å². The van der Waals surface area contributed by atoms with Crippen molar-refractivity contribution in [3.8, 4) is 0 Å². The van der Waals surface area contributed by atoms with Crippen molar-refractivity contribution in [3.05, 3.63) is 18.0 Å². The van der Waals surface area contributed by atoms with E-state index < -0.39 is 24.0 Å². The monoisotopic (exact) mass is 239 g/mol. The SMILES string of the molecule is Cn1ccc(C(=O)N2C[C@H](O)C[C@H]2C(=O)O)n1. The molecule has 7 heteroatoms. The number of nitrogens with zero attached hydrogens (tertiary/aromatic N) is 3. The standard InChI is InChI=1S/C10H13N3O4/c1-12-3-2-7(11-12)9(15)13-5-6(14)4-8(13)10(16)17/h2-3,6,8,14H,4-5H2,1H3,(H,16,17)/t6-,8+/m1/s1. The van der Waals surface area contributed by atoms with Gasteiger partial charge in [-0.3, -0.25) is 9.48 Å². The summed E-state index contributed by atoms with van der Waals surface area (Å²) in [6.07, 6.45) is 0.882. The number of aliphatic hydroxyl groups is 1. The first-order valence-corrected chi connectivity index (χ1v) is 5.20. The molecule has 2 rings (SSSR count). The highest BCUT2D eigenvalue weighted by molar-refractivity contribution is 5.95. The van der Waals surface area contributed by atoms with E-state index in [-0.39, 0.29) is 18.7 Å². The fraction of sp³-hybridized carbons (Fsp3) is 0.500. The lowest BCUT2D eigenvalue weighted by molar-refractivity contribution is -0.141. The molecule has 1 aliphatic heterocycles. The molecule has 0 radical (unpaired) electrons. The van der Waals surface area contributed by atoms with Crippen molar-refractivity contribution in [1.29, 1.82) is 0 Å². The van der Waals surface area contributed by atoms with Gasteiger partial charge >= 0.3 is 5.97 Å². The number of carboxylic acid groups (broad SMARTS) is 1. The van der Waals surface area contributed by atoms with Crippen molar-refractivity contribution in [3.63, 3.8) is 0 Å². The van der Waals surface area contributed by atoms with Crippen LogP contribution < -0.4 is 0 Å². The predicted molar refractivity (Wildman–Crippen MR) is 56.3 cm³/mol. The Morgan fingerprint density at radius 3 is 2.76 bits per heavy atom. The Kier molecular flexibility index (Phi) is 2.84. The van der Waals surface area contributed by atoms with E-state index in [4.69, 9.17) is 5.11 Å². The van der Waals surface area contributed by atoms with Gasteiger partial charge in [0.1, 0.15) is 11.7 Å². The molecule has 0 aromatic carbocycles. The molecule has 2 N–H and O–H groups in total. The molecule has 92 valence electrons. The van der Waals surface area contributed by atoms with Crippen molar-refractivity contribution < 1.29 is 19.8 Å². The van der Waals surface area contributed by atoms with Crippen LogP contribution in [0.3, 0.4) is 0 Å². The highest BCUT2D eigenvalue weighted by Gasteiger charge is 2.39. The van der Waals surface area contributed by atoms with E-state index in [0.717, 1.165) is 4.90 Å². The average molecular weight is 239 g/mol. The molecule has 0 aliphatic carbocycles. The highest BCUT2D eigenvalue weighted by Crippen LogP contribution is 2.20. The number of aliphatic carboxylic acids is 1. The van der Waals surface area contributed by atoms with Gasteiger partial charge in [0.15, 0.2) is 0 Å². The van der Waals surface area contributed by atoms with Gasteiger partial charge in [-0.2, -0.15) is 5.10 Å². The highest BCUT2D eigenvalue weighted by atomic mass is 16.4. The maximum atomic E-state index is 12.0. The number of amides is 1. The Labute approximate surface area is 97.3 Å². The maximum absolute atomic E-state index is 12.0. The third kappa shape index (κ3) is 2.14. The molecule has 1 saturated heterocycles. The van der Waals surface area contributed by atoms with Crippen LogP contribution in [-0.2, 0) is 11.8 Å². The summed E-state index contributed by atoms with van der Waals surface area (Å²) in [5.74, 6) is -1.57. The summed E-state index contributed by atoms with van der Waals surface area (Å²) in [5, 5.41) is 22.3. The molecule has 7 nitrogen and oxygen atoms in total. The number of carbonyl (C=O) groups excluding carboxylic acids is 1. The van der Waals surface area contributed by atoms with Gasteiger partial charge in [-0.15, -0.1) is 0 Å². The number of β-amino-alcohol motifs (C(OH)–C–C–N with tert-alkyl or cyclic N) is 1. The van der Waals surface area contributed by atoms with Gasteiger partial charge in [-0.1, -0.05) is 0 Å². The summed E-state index contributed by atoms with van der Waals surface area (Å²) in [5.41, 5.74) is 0.188. The molecular formula is C10H13N3O4. The molecule has 1 aromatic rings. The van der Waals surface area contributed by atoms with E-state index in [9.17, 15) is 14.7 Å². The van der Waals surface area contributed by atoms with E-state index in [1.54, 1.807) is 13.2 Å². The fourth-order valence-corrected chi connectivity index (χ4v) is 1.95. The number of carbonyl (C=O) groups is 2. The lowest BCUT2D eigenvalue weighted by Gasteiger charge is -2.19. The quantitative estimate of drug-likeness (QED) is 0.696. The smallest absolute Gasteiger partial charge is 0.326 e. The lowest BCUT2D eigenvalue weighted by Crippen LogP contribution is -2.40. The van der Waals surface area contributed by atoms with E-state index in [2.05, 4.69) is 5.10 Å². The zero-order valence-corrected chi connectivity index (χ0v) is 9.28. The number of aromatic nitrogens is 2. The van der Waals surface area contributed by atoms with Crippen LogP contribution in [0.2, 0.25) is 0 Å². The molecular weight excluding hydrogens is 226 g/mol.